The number of carbonyl (C=O) groups excluding carboxylic acids is 1. The van der Waals surface area contributed by atoms with E-state index in [9.17, 15) is 4.79 Å². The number of benzene rings is 1. The molecule has 0 radical (unpaired) electrons. The molecule has 1 fully saturated rings. The number of carbonyl (C=O) groups is 1. The molecule has 1 aliphatic heterocycles. The van der Waals surface area contributed by atoms with Crippen molar-refractivity contribution in [3.8, 4) is 0 Å². The average Bonchev–Trinajstić information content (AvgIpc) is 2.88. The minimum Gasteiger partial charge on any atom is -0.337 e. The van der Waals surface area contributed by atoms with Crippen LogP contribution in [-0.2, 0) is 0 Å². The van der Waals surface area contributed by atoms with Crippen molar-refractivity contribution in [1.82, 2.24) is 10.2 Å². The van der Waals surface area contributed by atoms with E-state index >= 15 is 0 Å². The molecule has 0 spiro atoms. The number of rotatable bonds is 4. The summed E-state index contributed by atoms with van der Waals surface area (Å²) >= 11 is 12.2. The number of hydrogen-bond donors (Lipinski definition) is 1. The Morgan fingerprint density at radius 1 is 1.42 bits per heavy atom. The lowest BCUT2D eigenvalue weighted by Gasteiger charge is -2.25. The van der Waals surface area contributed by atoms with E-state index in [1.165, 1.54) is 6.42 Å². The Bertz CT molecular complexity index is 439. The van der Waals surface area contributed by atoms with Gasteiger partial charge in [0.15, 0.2) is 0 Å². The van der Waals surface area contributed by atoms with Crippen LogP contribution in [0.2, 0.25) is 10.0 Å². The second-order valence-corrected chi connectivity index (χ2v) is 5.55. The highest BCUT2D eigenvalue weighted by atomic mass is 35.5. The number of nitrogens with one attached hydrogen (secondary N) is 1. The van der Waals surface area contributed by atoms with Gasteiger partial charge in [0, 0.05) is 19.1 Å². The summed E-state index contributed by atoms with van der Waals surface area (Å²) in [6.07, 6.45) is 2.28. The molecule has 0 aliphatic carbocycles. The van der Waals surface area contributed by atoms with Gasteiger partial charge in [-0.1, -0.05) is 29.3 Å². The van der Waals surface area contributed by atoms with Crippen LogP contribution < -0.4 is 5.32 Å². The van der Waals surface area contributed by atoms with E-state index in [4.69, 9.17) is 23.2 Å². The van der Waals surface area contributed by atoms with Crippen LogP contribution in [0.15, 0.2) is 18.2 Å². The molecule has 2 rings (SSSR count). The zero-order valence-corrected chi connectivity index (χ0v) is 12.5. The molecule has 104 valence electrons. The van der Waals surface area contributed by atoms with Gasteiger partial charge in [-0.05, 0) is 38.4 Å². The molecule has 1 heterocycles. The predicted octanol–water partition coefficient (Wildman–Crippen LogP) is 3.21. The van der Waals surface area contributed by atoms with E-state index in [-0.39, 0.29) is 5.91 Å². The summed E-state index contributed by atoms with van der Waals surface area (Å²) in [7, 11) is 0. The highest BCUT2D eigenvalue weighted by Crippen LogP contribution is 2.26. The van der Waals surface area contributed by atoms with Crippen molar-refractivity contribution in [2.45, 2.75) is 25.8 Å². The Balaban J connectivity index is 2.15. The third-order valence-electron chi connectivity index (χ3n) is 3.45. The first-order chi connectivity index (χ1) is 9.13. The number of nitrogens with zero attached hydrogens (tertiary/aromatic N) is 1. The molecule has 1 amide bonds. The van der Waals surface area contributed by atoms with Crippen LogP contribution in [-0.4, -0.2) is 36.5 Å². The molecule has 3 nitrogen and oxygen atoms in total. The normalized spacial score (nSPS) is 18.6. The minimum absolute atomic E-state index is 0.0909. The van der Waals surface area contributed by atoms with Crippen molar-refractivity contribution in [3.05, 3.63) is 33.8 Å². The first kappa shape index (κ1) is 14.6. The summed E-state index contributed by atoms with van der Waals surface area (Å²) < 4.78 is 0. The fourth-order valence-electron chi connectivity index (χ4n) is 2.39. The Kier molecular flexibility index (Phi) is 5.08. The lowest BCUT2D eigenvalue weighted by Crippen LogP contribution is -2.41. The number of hydrogen-bond acceptors (Lipinski definition) is 2. The van der Waals surface area contributed by atoms with Gasteiger partial charge in [-0.3, -0.25) is 4.79 Å². The van der Waals surface area contributed by atoms with Crippen molar-refractivity contribution in [1.29, 1.82) is 0 Å². The van der Waals surface area contributed by atoms with Gasteiger partial charge in [-0.15, -0.1) is 0 Å². The topological polar surface area (TPSA) is 32.3 Å². The number of halogens is 2. The fourth-order valence-corrected chi connectivity index (χ4v) is 2.95. The van der Waals surface area contributed by atoms with E-state index in [1.54, 1.807) is 23.1 Å². The quantitative estimate of drug-likeness (QED) is 0.926. The van der Waals surface area contributed by atoms with Crippen LogP contribution in [0.3, 0.4) is 0 Å². The van der Waals surface area contributed by atoms with Crippen LogP contribution in [0, 0.1) is 0 Å². The summed E-state index contributed by atoms with van der Waals surface area (Å²) in [5, 5.41) is 4.22. The molecule has 5 heteroatoms. The summed E-state index contributed by atoms with van der Waals surface area (Å²) in [5.41, 5.74) is 0.408. The zero-order valence-electron chi connectivity index (χ0n) is 11.0. The Hall–Kier alpha value is -0.770. The maximum atomic E-state index is 12.5. The van der Waals surface area contributed by atoms with Crippen molar-refractivity contribution in [2.75, 3.05) is 19.6 Å². The van der Waals surface area contributed by atoms with Gasteiger partial charge in [0.2, 0.25) is 0 Å². The first-order valence-electron chi connectivity index (χ1n) is 6.60. The van der Waals surface area contributed by atoms with E-state index in [1.807, 2.05) is 6.92 Å². The molecule has 1 saturated heterocycles. The number of amides is 1. The molecule has 0 aromatic heterocycles. The zero-order chi connectivity index (χ0) is 13.8. The van der Waals surface area contributed by atoms with Gasteiger partial charge in [0.25, 0.3) is 5.91 Å². The van der Waals surface area contributed by atoms with Crippen LogP contribution in [0.5, 0.6) is 0 Å². The van der Waals surface area contributed by atoms with E-state index in [0.717, 1.165) is 13.0 Å². The smallest absolute Gasteiger partial charge is 0.256 e. The van der Waals surface area contributed by atoms with Gasteiger partial charge >= 0.3 is 0 Å². The highest BCUT2D eigenvalue weighted by Gasteiger charge is 2.24. The molecule has 0 bridgehead atoms. The van der Waals surface area contributed by atoms with Gasteiger partial charge in [0.05, 0.1) is 15.6 Å². The van der Waals surface area contributed by atoms with Crippen molar-refractivity contribution >= 4 is 29.1 Å². The van der Waals surface area contributed by atoms with Crippen molar-refractivity contribution < 1.29 is 4.79 Å². The number of likely N-dealkylation sites (N-methyl/N-ethyl adjacent to an activating group) is 1. The van der Waals surface area contributed by atoms with Gasteiger partial charge < -0.3 is 10.2 Å². The van der Waals surface area contributed by atoms with E-state index < -0.39 is 0 Å². The van der Waals surface area contributed by atoms with Gasteiger partial charge in [-0.25, -0.2) is 0 Å². The Labute approximate surface area is 123 Å². The van der Waals surface area contributed by atoms with Crippen molar-refractivity contribution in [3.63, 3.8) is 0 Å². The van der Waals surface area contributed by atoms with Crippen LogP contribution >= 0.6 is 23.2 Å². The molecule has 1 unspecified atom stereocenters. The summed E-state index contributed by atoms with van der Waals surface area (Å²) in [5.74, 6) is -0.0909. The minimum atomic E-state index is -0.0909. The second kappa shape index (κ2) is 6.60. The maximum Gasteiger partial charge on any atom is 0.256 e. The molecule has 19 heavy (non-hydrogen) atoms. The molecule has 1 N–H and O–H groups in total. The highest BCUT2D eigenvalue weighted by molar-refractivity contribution is 6.39. The molecule has 0 saturated carbocycles. The molecule has 1 aliphatic rings. The maximum absolute atomic E-state index is 12.5. The standard InChI is InChI=1S/C14H18Cl2N2O/c1-2-18(9-10-5-4-8-17-10)14(19)13-11(15)6-3-7-12(13)16/h3,6-7,10,17H,2,4-5,8-9H2,1H3. The lowest BCUT2D eigenvalue weighted by atomic mass is 10.1. The molecule has 1 aromatic rings. The monoisotopic (exact) mass is 300 g/mol. The summed E-state index contributed by atoms with van der Waals surface area (Å²) in [6.45, 7) is 4.36. The van der Waals surface area contributed by atoms with E-state index in [0.29, 0.717) is 34.7 Å². The molecular weight excluding hydrogens is 283 g/mol. The summed E-state index contributed by atoms with van der Waals surface area (Å²) in [4.78, 5) is 14.3. The van der Waals surface area contributed by atoms with Gasteiger partial charge in [0.1, 0.15) is 0 Å². The third-order valence-corrected chi connectivity index (χ3v) is 4.08. The molecular formula is C14H18Cl2N2O. The summed E-state index contributed by atoms with van der Waals surface area (Å²) in [6, 6.07) is 5.52. The van der Waals surface area contributed by atoms with Crippen LogP contribution in [0.4, 0.5) is 0 Å². The van der Waals surface area contributed by atoms with Gasteiger partial charge in [-0.2, -0.15) is 0 Å². The van der Waals surface area contributed by atoms with Crippen LogP contribution in [0.1, 0.15) is 30.1 Å². The fraction of sp³-hybridized carbons (Fsp3) is 0.500. The lowest BCUT2D eigenvalue weighted by molar-refractivity contribution is 0.0751. The Morgan fingerprint density at radius 2 is 2.11 bits per heavy atom. The van der Waals surface area contributed by atoms with E-state index in [2.05, 4.69) is 5.32 Å². The predicted molar refractivity (Wildman–Crippen MR) is 79.1 cm³/mol. The second-order valence-electron chi connectivity index (χ2n) is 4.73. The van der Waals surface area contributed by atoms with Crippen molar-refractivity contribution in [2.24, 2.45) is 0 Å². The Morgan fingerprint density at radius 3 is 2.63 bits per heavy atom. The third kappa shape index (κ3) is 3.41. The molecule has 1 atom stereocenters. The largest absolute Gasteiger partial charge is 0.337 e. The van der Waals surface area contributed by atoms with Crippen LogP contribution in [0.25, 0.3) is 0 Å². The SMILES string of the molecule is CCN(CC1CCCN1)C(=O)c1c(Cl)cccc1Cl. The average molecular weight is 301 g/mol. The first-order valence-corrected chi connectivity index (χ1v) is 7.35. The molecule has 1 aromatic carbocycles.